The van der Waals surface area contributed by atoms with Gasteiger partial charge in [0.05, 0.1) is 6.61 Å². The monoisotopic (exact) mass is 360 g/mol. The van der Waals surface area contributed by atoms with Crippen LogP contribution in [0.1, 0.15) is 23.8 Å². The van der Waals surface area contributed by atoms with Crippen molar-refractivity contribution in [2.45, 2.75) is 25.9 Å². The Balaban J connectivity index is 2.19. The number of aromatic nitrogens is 1. The molecule has 4 nitrogen and oxygen atoms in total. The molecule has 0 bridgehead atoms. The van der Waals surface area contributed by atoms with E-state index in [1.165, 1.54) is 0 Å². The lowest BCUT2D eigenvalue weighted by atomic mass is 10.2. The third-order valence-electron chi connectivity index (χ3n) is 3.57. The Morgan fingerprint density at radius 1 is 1.65 bits per heavy atom. The van der Waals surface area contributed by atoms with Gasteiger partial charge >= 0.3 is 0 Å². The Bertz CT molecular complexity index is 458. The minimum Gasteiger partial charge on any atom is -0.383 e. The Hall–Kier alpha value is -0.460. The molecule has 112 valence electrons. The van der Waals surface area contributed by atoms with Crippen molar-refractivity contribution in [2.75, 3.05) is 31.8 Å². The summed E-state index contributed by atoms with van der Waals surface area (Å²) in [5.41, 5.74) is 0.757. The molecule has 6 heteroatoms. The lowest BCUT2D eigenvalue weighted by molar-refractivity contribution is 0.0614. The van der Waals surface area contributed by atoms with E-state index < -0.39 is 0 Å². The Morgan fingerprint density at radius 3 is 3.05 bits per heavy atom. The molecule has 0 spiro atoms. The van der Waals surface area contributed by atoms with Gasteiger partial charge in [-0.3, -0.25) is 4.79 Å². The molecule has 1 saturated heterocycles. The average molecular weight is 361 g/mol. The van der Waals surface area contributed by atoms with Gasteiger partial charge in [0.1, 0.15) is 5.69 Å². The van der Waals surface area contributed by atoms with Crippen LogP contribution in [0.4, 0.5) is 0 Å². The van der Waals surface area contributed by atoms with E-state index in [2.05, 4.69) is 15.9 Å². The second kappa shape index (κ2) is 7.52. The molecule has 1 aromatic heterocycles. The number of rotatable bonds is 6. The number of thioether (sulfide) groups is 1. The number of methoxy groups -OCH3 is 1. The highest BCUT2D eigenvalue weighted by atomic mass is 79.9. The number of ether oxygens (including phenoxy) is 1. The van der Waals surface area contributed by atoms with Gasteiger partial charge in [0.25, 0.3) is 5.91 Å². The largest absolute Gasteiger partial charge is 0.383 e. The predicted molar refractivity (Wildman–Crippen MR) is 86.4 cm³/mol. The van der Waals surface area contributed by atoms with E-state index in [1.54, 1.807) is 7.11 Å². The van der Waals surface area contributed by atoms with Crippen molar-refractivity contribution >= 4 is 33.6 Å². The number of aryl methyl sites for hydroxylation is 1. The minimum atomic E-state index is 0.113. The molecule has 0 radical (unpaired) electrons. The molecular weight excluding hydrogens is 340 g/mol. The predicted octanol–water partition coefficient (Wildman–Crippen LogP) is 2.86. The lowest BCUT2D eigenvalue weighted by Crippen LogP contribution is -2.43. The van der Waals surface area contributed by atoms with E-state index in [0.717, 1.165) is 34.6 Å². The van der Waals surface area contributed by atoms with E-state index in [-0.39, 0.29) is 5.91 Å². The molecule has 1 atom stereocenters. The second-order valence-corrected chi connectivity index (χ2v) is 6.90. The lowest BCUT2D eigenvalue weighted by Gasteiger charge is -2.28. The summed E-state index contributed by atoms with van der Waals surface area (Å²) in [7, 11) is 1.68. The molecule has 1 aliphatic heterocycles. The summed E-state index contributed by atoms with van der Waals surface area (Å²) >= 11 is 5.38. The zero-order valence-corrected chi connectivity index (χ0v) is 14.4. The van der Waals surface area contributed by atoms with Crippen LogP contribution in [-0.2, 0) is 11.3 Å². The van der Waals surface area contributed by atoms with Crippen molar-refractivity contribution in [2.24, 2.45) is 0 Å². The van der Waals surface area contributed by atoms with Crippen molar-refractivity contribution in [3.8, 4) is 0 Å². The van der Waals surface area contributed by atoms with E-state index in [0.29, 0.717) is 19.2 Å². The van der Waals surface area contributed by atoms with Crippen LogP contribution in [0.2, 0.25) is 0 Å². The second-order valence-electron chi connectivity index (χ2n) is 4.84. The average Bonchev–Trinajstić information content (AvgIpc) is 3.08. The van der Waals surface area contributed by atoms with Gasteiger partial charge in [-0.2, -0.15) is 11.8 Å². The summed E-state index contributed by atoms with van der Waals surface area (Å²) in [6, 6.07) is 2.25. The first-order chi connectivity index (χ1) is 9.67. The van der Waals surface area contributed by atoms with Crippen LogP contribution in [0.15, 0.2) is 16.7 Å². The van der Waals surface area contributed by atoms with Crippen LogP contribution >= 0.6 is 27.7 Å². The highest BCUT2D eigenvalue weighted by Crippen LogP contribution is 2.25. The maximum absolute atomic E-state index is 12.9. The number of amides is 1. The minimum absolute atomic E-state index is 0.113. The number of hydrogen-bond donors (Lipinski definition) is 0. The first-order valence-corrected chi connectivity index (χ1v) is 8.85. The van der Waals surface area contributed by atoms with E-state index in [1.807, 2.05) is 40.4 Å². The molecule has 1 amide bonds. The number of nitrogens with zero attached hydrogens (tertiary/aromatic N) is 2. The highest BCUT2D eigenvalue weighted by Gasteiger charge is 2.29. The number of hydrogen-bond acceptors (Lipinski definition) is 3. The smallest absolute Gasteiger partial charge is 0.270 e. The molecule has 1 fully saturated rings. The molecule has 1 unspecified atom stereocenters. The fourth-order valence-corrected chi connectivity index (χ4v) is 4.16. The highest BCUT2D eigenvalue weighted by molar-refractivity contribution is 9.10. The van der Waals surface area contributed by atoms with Gasteiger partial charge in [0.15, 0.2) is 0 Å². The van der Waals surface area contributed by atoms with Gasteiger partial charge in [-0.1, -0.05) is 0 Å². The normalized spacial score (nSPS) is 18.4. The fraction of sp³-hybridized carbons (Fsp3) is 0.643. The van der Waals surface area contributed by atoms with Crippen LogP contribution in [0.25, 0.3) is 0 Å². The van der Waals surface area contributed by atoms with Crippen LogP contribution in [0.5, 0.6) is 0 Å². The van der Waals surface area contributed by atoms with Crippen LogP contribution < -0.4 is 0 Å². The van der Waals surface area contributed by atoms with Gasteiger partial charge in [0, 0.05) is 42.7 Å². The summed E-state index contributed by atoms with van der Waals surface area (Å²) in [6.07, 6.45) is 3.04. The molecule has 20 heavy (non-hydrogen) atoms. The summed E-state index contributed by atoms with van der Waals surface area (Å²) < 4.78 is 8.11. The van der Waals surface area contributed by atoms with Crippen molar-refractivity contribution in [3.63, 3.8) is 0 Å². The molecule has 0 N–H and O–H groups in total. The molecule has 1 aromatic rings. The molecule has 2 heterocycles. The molecular formula is C14H21BrN2O2S. The van der Waals surface area contributed by atoms with Gasteiger partial charge in [-0.15, -0.1) is 0 Å². The van der Waals surface area contributed by atoms with Crippen LogP contribution in [0, 0.1) is 0 Å². The third kappa shape index (κ3) is 3.59. The fourth-order valence-electron chi connectivity index (χ4n) is 2.47. The molecule has 0 aliphatic carbocycles. The van der Waals surface area contributed by atoms with Crippen molar-refractivity contribution in [3.05, 3.63) is 22.4 Å². The van der Waals surface area contributed by atoms with Gasteiger partial charge < -0.3 is 14.2 Å². The number of halogens is 1. The van der Waals surface area contributed by atoms with Gasteiger partial charge in [-0.25, -0.2) is 0 Å². The first-order valence-electron chi connectivity index (χ1n) is 6.90. The van der Waals surface area contributed by atoms with Crippen molar-refractivity contribution in [1.82, 2.24) is 9.47 Å². The Morgan fingerprint density at radius 2 is 2.45 bits per heavy atom. The van der Waals surface area contributed by atoms with Crippen LogP contribution in [-0.4, -0.2) is 53.2 Å². The van der Waals surface area contributed by atoms with Gasteiger partial charge in [0.2, 0.25) is 0 Å². The molecule has 2 rings (SSSR count). The molecule has 0 aromatic carbocycles. The third-order valence-corrected chi connectivity index (χ3v) is 5.15. The molecule has 1 aliphatic rings. The number of carbonyl (C=O) groups excluding carboxylic acids is 1. The SMILES string of the molecule is CCn1cc(Br)cc1C(=O)N(CCOC)C1CCSC1. The van der Waals surface area contributed by atoms with Crippen LogP contribution in [0.3, 0.4) is 0 Å². The van der Waals surface area contributed by atoms with E-state index in [4.69, 9.17) is 4.74 Å². The summed E-state index contributed by atoms with van der Waals surface area (Å²) in [6.45, 7) is 4.09. The van der Waals surface area contributed by atoms with Gasteiger partial charge in [-0.05, 0) is 41.1 Å². The maximum Gasteiger partial charge on any atom is 0.270 e. The zero-order valence-electron chi connectivity index (χ0n) is 12.0. The quantitative estimate of drug-likeness (QED) is 0.782. The van der Waals surface area contributed by atoms with Crippen molar-refractivity contribution < 1.29 is 9.53 Å². The summed E-state index contributed by atoms with van der Waals surface area (Å²) in [5.74, 6) is 2.28. The summed E-state index contributed by atoms with van der Waals surface area (Å²) in [4.78, 5) is 14.8. The molecule has 0 saturated carbocycles. The number of carbonyl (C=O) groups is 1. The summed E-state index contributed by atoms with van der Waals surface area (Å²) in [5, 5.41) is 0. The van der Waals surface area contributed by atoms with Crippen molar-refractivity contribution in [1.29, 1.82) is 0 Å². The topological polar surface area (TPSA) is 34.5 Å². The zero-order chi connectivity index (χ0) is 14.5. The standard InChI is InChI=1S/C14H21BrN2O2S/c1-3-16-9-11(15)8-13(16)14(18)17(5-6-19-2)12-4-7-20-10-12/h8-9,12H,3-7,10H2,1-2H3. The Kier molecular flexibility index (Phi) is 5.99. The van der Waals surface area contributed by atoms with E-state index >= 15 is 0 Å². The Labute approximate surface area is 133 Å². The van der Waals surface area contributed by atoms with E-state index in [9.17, 15) is 4.79 Å². The maximum atomic E-state index is 12.9. The first kappa shape index (κ1) is 15.9.